The molecule has 0 saturated heterocycles. The highest BCUT2D eigenvalue weighted by atomic mass is 35.5. The first-order chi connectivity index (χ1) is 10.6. The molecular formula is C16H13ClN2OS2. The molecule has 0 N–H and O–H groups in total. The second kappa shape index (κ2) is 6.28. The van der Waals surface area contributed by atoms with Crippen LogP contribution in [0, 0.1) is 0 Å². The van der Waals surface area contributed by atoms with Gasteiger partial charge in [0.25, 0.3) is 5.91 Å². The second-order valence-electron chi connectivity index (χ2n) is 4.65. The van der Waals surface area contributed by atoms with Gasteiger partial charge in [-0.2, -0.15) is 4.99 Å². The first-order valence-corrected chi connectivity index (χ1v) is 9.00. The lowest BCUT2D eigenvalue weighted by atomic mass is 10.2. The molecule has 0 bridgehead atoms. The highest BCUT2D eigenvalue weighted by Gasteiger charge is 2.11. The van der Waals surface area contributed by atoms with E-state index in [0.717, 1.165) is 15.1 Å². The summed E-state index contributed by atoms with van der Waals surface area (Å²) >= 11 is 9.23. The molecule has 0 aliphatic carbocycles. The van der Waals surface area contributed by atoms with E-state index in [1.807, 2.05) is 54.3 Å². The third-order valence-corrected chi connectivity index (χ3v) is 5.51. The maximum absolute atomic E-state index is 12.5. The van der Waals surface area contributed by atoms with E-state index < -0.39 is 0 Å². The van der Waals surface area contributed by atoms with Gasteiger partial charge in [0.05, 0.1) is 20.8 Å². The van der Waals surface area contributed by atoms with Gasteiger partial charge in [0.15, 0.2) is 4.80 Å². The smallest absolute Gasteiger partial charge is 0.280 e. The summed E-state index contributed by atoms with van der Waals surface area (Å²) in [5.74, 6) is -0.233. The quantitative estimate of drug-likeness (QED) is 0.645. The van der Waals surface area contributed by atoms with Gasteiger partial charge in [-0.15, -0.1) is 11.8 Å². The molecule has 0 unspecified atom stereocenters. The molecule has 3 nitrogen and oxygen atoms in total. The molecule has 0 aliphatic heterocycles. The van der Waals surface area contributed by atoms with Crippen LogP contribution in [0.15, 0.2) is 52.4 Å². The molecule has 6 heteroatoms. The number of aryl methyl sites for hydroxylation is 1. The number of fused-ring (bicyclic) bond motifs is 1. The first kappa shape index (κ1) is 15.3. The number of amides is 1. The van der Waals surface area contributed by atoms with Gasteiger partial charge < -0.3 is 4.57 Å². The molecule has 0 spiro atoms. The zero-order valence-electron chi connectivity index (χ0n) is 12.0. The van der Waals surface area contributed by atoms with Gasteiger partial charge in [0.2, 0.25) is 0 Å². The average molecular weight is 349 g/mol. The maximum atomic E-state index is 12.5. The van der Waals surface area contributed by atoms with Crippen molar-refractivity contribution in [2.75, 3.05) is 6.26 Å². The maximum Gasteiger partial charge on any atom is 0.280 e. The molecule has 0 fully saturated rings. The Bertz CT molecular complexity index is 927. The van der Waals surface area contributed by atoms with Crippen LogP contribution in [0.3, 0.4) is 0 Å². The molecule has 0 radical (unpaired) electrons. The van der Waals surface area contributed by atoms with Crippen LogP contribution in [0.25, 0.3) is 10.2 Å². The number of carbonyl (C=O) groups excluding carboxylic acids is 1. The molecule has 1 aromatic heterocycles. The minimum Gasteiger partial charge on any atom is -0.318 e. The fourth-order valence-electron chi connectivity index (χ4n) is 2.23. The zero-order valence-corrected chi connectivity index (χ0v) is 14.4. The number of aromatic nitrogens is 1. The number of rotatable bonds is 2. The third-order valence-electron chi connectivity index (χ3n) is 3.31. The predicted molar refractivity (Wildman–Crippen MR) is 93.9 cm³/mol. The van der Waals surface area contributed by atoms with Gasteiger partial charge >= 0.3 is 0 Å². The van der Waals surface area contributed by atoms with E-state index >= 15 is 0 Å². The van der Waals surface area contributed by atoms with Crippen LogP contribution < -0.4 is 4.80 Å². The van der Waals surface area contributed by atoms with E-state index in [1.54, 1.807) is 17.8 Å². The molecular weight excluding hydrogens is 336 g/mol. The van der Waals surface area contributed by atoms with Crippen LogP contribution in [0.5, 0.6) is 0 Å². The summed E-state index contributed by atoms with van der Waals surface area (Å²) in [5, 5.41) is 0.662. The summed E-state index contributed by atoms with van der Waals surface area (Å²) in [6, 6.07) is 13.2. The topological polar surface area (TPSA) is 34.4 Å². The predicted octanol–water partition coefficient (Wildman–Crippen LogP) is 4.36. The van der Waals surface area contributed by atoms with Gasteiger partial charge in [-0.3, -0.25) is 4.79 Å². The summed E-state index contributed by atoms with van der Waals surface area (Å²) < 4.78 is 2.88. The van der Waals surface area contributed by atoms with Crippen molar-refractivity contribution >= 4 is 50.8 Å². The van der Waals surface area contributed by atoms with E-state index in [2.05, 4.69) is 4.99 Å². The molecule has 0 saturated carbocycles. The summed E-state index contributed by atoms with van der Waals surface area (Å²) in [6.45, 7) is 0. The van der Waals surface area contributed by atoms with E-state index in [4.69, 9.17) is 11.6 Å². The van der Waals surface area contributed by atoms with Crippen molar-refractivity contribution in [2.45, 2.75) is 4.90 Å². The Morgan fingerprint density at radius 1 is 1.23 bits per heavy atom. The van der Waals surface area contributed by atoms with Crippen LogP contribution >= 0.6 is 34.7 Å². The van der Waals surface area contributed by atoms with Crippen LogP contribution in [0.1, 0.15) is 10.4 Å². The van der Waals surface area contributed by atoms with Crippen LogP contribution in [-0.2, 0) is 7.05 Å². The fraction of sp³-hybridized carbons (Fsp3) is 0.125. The zero-order chi connectivity index (χ0) is 15.7. The summed E-state index contributed by atoms with van der Waals surface area (Å²) in [6.07, 6.45) is 1.95. The van der Waals surface area contributed by atoms with Gasteiger partial charge in [-0.25, -0.2) is 0 Å². The van der Waals surface area contributed by atoms with Crippen molar-refractivity contribution in [3.8, 4) is 0 Å². The number of carbonyl (C=O) groups is 1. The Morgan fingerprint density at radius 2 is 2.00 bits per heavy atom. The number of hydrogen-bond donors (Lipinski definition) is 0. The van der Waals surface area contributed by atoms with Crippen molar-refractivity contribution in [1.29, 1.82) is 0 Å². The van der Waals surface area contributed by atoms with Gasteiger partial charge in [-0.05, 0) is 30.5 Å². The Kier molecular flexibility index (Phi) is 4.38. The second-order valence-corrected chi connectivity index (χ2v) is 6.91. The lowest BCUT2D eigenvalue weighted by molar-refractivity contribution is 0.0995. The number of thiazole rings is 1. The Balaban J connectivity index is 2.15. The van der Waals surface area contributed by atoms with E-state index in [1.165, 1.54) is 11.3 Å². The Morgan fingerprint density at radius 3 is 2.73 bits per heavy atom. The summed E-state index contributed by atoms with van der Waals surface area (Å²) in [7, 11) is 1.87. The largest absolute Gasteiger partial charge is 0.318 e. The minimum atomic E-state index is -0.233. The van der Waals surface area contributed by atoms with Gasteiger partial charge in [-0.1, -0.05) is 41.1 Å². The minimum absolute atomic E-state index is 0.233. The van der Waals surface area contributed by atoms with Crippen LogP contribution in [0.4, 0.5) is 0 Å². The highest BCUT2D eigenvalue weighted by Crippen LogP contribution is 2.25. The lowest BCUT2D eigenvalue weighted by Gasteiger charge is -2.02. The third kappa shape index (κ3) is 2.72. The van der Waals surface area contributed by atoms with E-state index in [9.17, 15) is 4.79 Å². The van der Waals surface area contributed by atoms with Crippen molar-refractivity contribution < 1.29 is 4.79 Å². The molecule has 3 rings (SSSR count). The van der Waals surface area contributed by atoms with Crippen LogP contribution in [0.2, 0.25) is 5.02 Å². The molecule has 3 aromatic rings. The number of hydrogen-bond acceptors (Lipinski definition) is 3. The number of para-hydroxylation sites is 1. The van der Waals surface area contributed by atoms with Crippen molar-refractivity contribution in [3.63, 3.8) is 0 Å². The van der Waals surface area contributed by atoms with Crippen molar-refractivity contribution in [3.05, 3.63) is 57.9 Å². The van der Waals surface area contributed by atoms with Crippen molar-refractivity contribution in [2.24, 2.45) is 12.0 Å². The normalized spacial score (nSPS) is 12.0. The monoisotopic (exact) mass is 348 g/mol. The van der Waals surface area contributed by atoms with Crippen molar-refractivity contribution in [1.82, 2.24) is 4.57 Å². The standard InChI is InChI=1S/C16H13ClN2OS2/c1-19-14-11(17)7-5-9-13(14)22-16(19)18-15(20)10-6-3-4-8-12(10)21-2/h3-9H,1-2H3. The number of thioether (sulfide) groups is 1. The lowest BCUT2D eigenvalue weighted by Crippen LogP contribution is -2.13. The molecule has 1 amide bonds. The Labute approximate surface area is 141 Å². The summed E-state index contributed by atoms with van der Waals surface area (Å²) in [4.78, 5) is 18.3. The van der Waals surface area contributed by atoms with Gasteiger partial charge in [0.1, 0.15) is 0 Å². The molecule has 0 aliphatic rings. The van der Waals surface area contributed by atoms with Crippen LogP contribution in [-0.4, -0.2) is 16.7 Å². The average Bonchev–Trinajstić information content (AvgIpc) is 2.84. The molecule has 112 valence electrons. The number of nitrogens with zero attached hydrogens (tertiary/aromatic N) is 2. The highest BCUT2D eigenvalue weighted by molar-refractivity contribution is 7.98. The van der Waals surface area contributed by atoms with E-state index in [0.29, 0.717) is 15.4 Å². The molecule has 0 atom stereocenters. The first-order valence-electron chi connectivity index (χ1n) is 6.58. The summed E-state index contributed by atoms with van der Waals surface area (Å²) in [5.41, 5.74) is 1.53. The van der Waals surface area contributed by atoms with Gasteiger partial charge in [0, 0.05) is 11.9 Å². The number of benzene rings is 2. The SMILES string of the molecule is CSc1ccccc1C(=O)N=c1sc2cccc(Cl)c2n1C. The van der Waals surface area contributed by atoms with E-state index in [-0.39, 0.29) is 5.91 Å². The fourth-order valence-corrected chi connectivity index (χ4v) is 4.22. The number of halogens is 1. The Hall–Kier alpha value is -1.56. The molecule has 22 heavy (non-hydrogen) atoms. The molecule has 1 heterocycles. The molecule has 2 aromatic carbocycles.